The molecule has 1 aromatic carbocycles. The topological polar surface area (TPSA) is 34.4 Å². The Morgan fingerprint density at radius 2 is 1.84 bits per heavy atom. The van der Waals surface area contributed by atoms with Crippen LogP contribution in [0.15, 0.2) is 47.1 Å². The van der Waals surface area contributed by atoms with Gasteiger partial charge in [-0.3, -0.25) is 0 Å². The van der Waals surface area contributed by atoms with Crippen LogP contribution in [0, 0.1) is 0 Å². The molecular weight excluding hydrogens is 238 g/mol. The van der Waals surface area contributed by atoms with Crippen LogP contribution >= 0.6 is 0 Å². The molecule has 2 aromatic rings. The number of para-hydroxylation sites is 1. The fourth-order valence-corrected chi connectivity index (χ4v) is 1.67. The summed E-state index contributed by atoms with van der Waals surface area (Å²) >= 11 is 0. The third-order valence-electron chi connectivity index (χ3n) is 2.75. The lowest BCUT2D eigenvalue weighted by atomic mass is 10.1. The second-order valence-electron chi connectivity index (χ2n) is 5.57. The molecule has 0 saturated heterocycles. The highest BCUT2D eigenvalue weighted by Crippen LogP contribution is 2.16. The maximum absolute atomic E-state index is 5.74. The lowest BCUT2D eigenvalue weighted by Gasteiger charge is -2.20. The maximum atomic E-state index is 5.74. The highest BCUT2D eigenvalue weighted by molar-refractivity contribution is 5.23. The van der Waals surface area contributed by atoms with E-state index in [9.17, 15) is 0 Å². The predicted octanol–water partition coefficient (Wildman–Crippen LogP) is 3.75. The highest BCUT2D eigenvalue weighted by Gasteiger charge is 2.12. The molecule has 2 rings (SSSR count). The van der Waals surface area contributed by atoms with E-state index >= 15 is 0 Å². The quantitative estimate of drug-likeness (QED) is 0.888. The third-order valence-corrected chi connectivity index (χ3v) is 2.75. The molecule has 3 nitrogen and oxygen atoms in total. The predicted molar refractivity (Wildman–Crippen MR) is 76.1 cm³/mol. The Morgan fingerprint density at radius 1 is 1.11 bits per heavy atom. The van der Waals surface area contributed by atoms with Gasteiger partial charge in [-0.1, -0.05) is 18.2 Å². The van der Waals surface area contributed by atoms with Crippen molar-refractivity contribution in [1.82, 2.24) is 5.32 Å². The molecule has 0 atom stereocenters. The average molecular weight is 259 g/mol. The van der Waals surface area contributed by atoms with Gasteiger partial charge in [-0.25, -0.2) is 0 Å². The van der Waals surface area contributed by atoms with Gasteiger partial charge >= 0.3 is 0 Å². The van der Waals surface area contributed by atoms with E-state index in [0.29, 0.717) is 13.2 Å². The lowest BCUT2D eigenvalue weighted by molar-refractivity contribution is 0.299. The van der Waals surface area contributed by atoms with Gasteiger partial charge in [0.25, 0.3) is 0 Å². The third kappa shape index (κ3) is 4.45. The molecule has 0 unspecified atom stereocenters. The molecular formula is C16H21NO2. The van der Waals surface area contributed by atoms with Gasteiger partial charge in [0.05, 0.1) is 12.8 Å². The fraction of sp³-hybridized carbons (Fsp3) is 0.375. The van der Waals surface area contributed by atoms with Gasteiger partial charge in [0.15, 0.2) is 0 Å². The van der Waals surface area contributed by atoms with E-state index in [1.54, 1.807) is 6.26 Å². The number of hydrogen-bond acceptors (Lipinski definition) is 3. The second-order valence-corrected chi connectivity index (χ2v) is 5.57. The van der Waals surface area contributed by atoms with Crippen molar-refractivity contribution in [2.45, 2.75) is 39.5 Å². The molecule has 1 N–H and O–H groups in total. The Morgan fingerprint density at radius 3 is 2.53 bits per heavy atom. The standard InChI is InChI=1S/C16H21NO2/c1-16(2,3)17-11-15-13(9-10-18-15)12-19-14-7-5-4-6-8-14/h4-10,17H,11-12H2,1-3H3. The molecule has 0 aliphatic rings. The molecule has 0 fully saturated rings. The molecule has 0 aliphatic heterocycles. The lowest BCUT2D eigenvalue weighted by Crippen LogP contribution is -2.35. The summed E-state index contributed by atoms with van der Waals surface area (Å²) in [6.07, 6.45) is 1.71. The van der Waals surface area contributed by atoms with Crippen molar-refractivity contribution in [3.63, 3.8) is 0 Å². The van der Waals surface area contributed by atoms with E-state index in [0.717, 1.165) is 17.1 Å². The summed E-state index contributed by atoms with van der Waals surface area (Å²) in [5, 5.41) is 3.41. The maximum Gasteiger partial charge on any atom is 0.124 e. The van der Waals surface area contributed by atoms with Crippen molar-refractivity contribution < 1.29 is 9.15 Å². The zero-order valence-corrected chi connectivity index (χ0v) is 11.8. The van der Waals surface area contributed by atoms with Gasteiger partial charge in [-0.15, -0.1) is 0 Å². The van der Waals surface area contributed by atoms with Crippen LogP contribution in [0.4, 0.5) is 0 Å². The first-order valence-electron chi connectivity index (χ1n) is 6.53. The van der Waals surface area contributed by atoms with Crippen LogP contribution in [-0.4, -0.2) is 5.54 Å². The number of rotatable bonds is 5. The molecule has 0 radical (unpaired) electrons. The fourth-order valence-electron chi connectivity index (χ4n) is 1.67. The van der Waals surface area contributed by atoms with Crippen molar-refractivity contribution in [3.05, 3.63) is 54.0 Å². The number of ether oxygens (including phenoxy) is 1. The van der Waals surface area contributed by atoms with E-state index in [4.69, 9.17) is 9.15 Å². The molecule has 102 valence electrons. The normalized spacial score (nSPS) is 11.5. The van der Waals surface area contributed by atoms with Gasteiger partial charge in [0, 0.05) is 11.1 Å². The molecule has 0 aliphatic carbocycles. The van der Waals surface area contributed by atoms with Crippen molar-refractivity contribution >= 4 is 0 Å². The molecule has 0 saturated carbocycles. The summed E-state index contributed by atoms with van der Waals surface area (Å²) in [4.78, 5) is 0. The Labute approximate surface area is 114 Å². The van der Waals surface area contributed by atoms with Crippen LogP contribution in [0.1, 0.15) is 32.1 Å². The zero-order valence-electron chi connectivity index (χ0n) is 11.8. The number of nitrogens with one attached hydrogen (secondary N) is 1. The SMILES string of the molecule is CC(C)(C)NCc1occc1COc1ccccc1. The van der Waals surface area contributed by atoms with E-state index in [1.807, 2.05) is 36.4 Å². The largest absolute Gasteiger partial charge is 0.489 e. The molecule has 0 spiro atoms. The molecule has 3 heteroatoms. The van der Waals surface area contributed by atoms with Crippen LogP contribution < -0.4 is 10.1 Å². The van der Waals surface area contributed by atoms with Gasteiger partial charge in [-0.05, 0) is 39.0 Å². The zero-order chi connectivity index (χ0) is 13.7. The minimum atomic E-state index is 0.0738. The van der Waals surface area contributed by atoms with Crippen LogP contribution in [0.5, 0.6) is 5.75 Å². The first-order valence-corrected chi connectivity index (χ1v) is 6.53. The smallest absolute Gasteiger partial charge is 0.124 e. The summed E-state index contributed by atoms with van der Waals surface area (Å²) in [5.41, 5.74) is 1.16. The summed E-state index contributed by atoms with van der Waals surface area (Å²) in [7, 11) is 0. The number of benzene rings is 1. The molecule has 19 heavy (non-hydrogen) atoms. The Kier molecular flexibility index (Phi) is 4.27. The van der Waals surface area contributed by atoms with Gasteiger partial charge in [0.2, 0.25) is 0 Å². The molecule has 1 aromatic heterocycles. The van der Waals surface area contributed by atoms with E-state index in [-0.39, 0.29) is 5.54 Å². The summed E-state index contributed by atoms with van der Waals surface area (Å²) in [6.45, 7) is 7.65. The Hall–Kier alpha value is -1.74. The van der Waals surface area contributed by atoms with Gasteiger partial charge < -0.3 is 14.5 Å². The monoisotopic (exact) mass is 259 g/mol. The van der Waals surface area contributed by atoms with Crippen molar-refractivity contribution in [3.8, 4) is 5.75 Å². The first-order chi connectivity index (χ1) is 9.04. The van der Waals surface area contributed by atoms with Gasteiger partial charge in [-0.2, -0.15) is 0 Å². The van der Waals surface area contributed by atoms with Crippen molar-refractivity contribution in [2.75, 3.05) is 0 Å². The molecule has 0 bridgehead atoms. The van der Waals surface area contributed by atoms with E-state index in [2.05, 4.69) is 26.1 Å². The van der Waals surface area contributed by atoms with Gasteiger partial charge in [0.1, 0.15) is 18.1 Å². The molecule has 1 heterocycles. The first kappa shape index (κ1) is 13.7. The van der Waals surface area contributed by atoms with Crippen molar-refractivity contribution in [1.29, 1.82) is 0 Å². The summed E-state index contributed by atoms with van der Waals surface area (Å²) in [6, 6.07) is 11.8. The number of furan rings is 1. The minimum absolute atomic E-state index is 0.0738. The highest BCUT2D eigenvalue weighted by atomic mass is 16.5. The van der Waals surface area contributed by atoms with Crippen LogP contribution in [0.3, 0.4) is 0 Å². The van der Waals surface area contributed by atoms with Crippen LogP contribution in [0.25, 0.3) is 0 Å². The van der Waals surface area contributed by atoms with Crippen LogP contribution in [0.2, 0.25) is 0 Å². The molecule has 0 amide bonds. The minimum Gasteiger partial charge on any atom is -0.489 e. The summed E-state index contributed by atoms with van der Waals surface area (Å²) in [5.74, 6) is 1.81. The number of hydrogen-bond donors (Lipinski definition) is 1. The summed E-state index contributed by atoms with van der Waals surface area (Å²) < 4.78 is 11.2. The second kappa shape index (κ2) is 5.93. The van der Waals surface area contributed by atoms with Crippen LogP contribution in [-0.2, 0) is 13.2 Å². The van der Waals surface area contributed by atoms with Crippen molar-refractivity contribution in [2.24, 2.45) is 0 Å². The average Bonchev–Trinajstić information content (AvgIpc) is 2.82. The Bertz CT molecular complexity index is 497. The van der Waals surface area contributed by atoms with E-state index < -0.39 is 0 Å². The Balaban J connectivity index is 1.92. The van der Waals surface area contributed by atoms with E-state index in [1.165, 1.54) is 0 Å².